The number of hydrogen-bond donors (Lipinski definition) is 1. The second-order valence-corrected chi connectivity index (χ2v) is 17.6. The van der Waals surface area contributed by atoms with Gasteiger partial charge in [0.2, 0.25) is 0 Å². The fourth-order valence-corrected chi connectivity index (χ4v) is 6.21. The number of ether oxygens (including phenoxy) is 3. The number of benzene rings is 1. The number of pyridine rings is 1. The molecular formula is C29H40ClN3O4Si. The third-order valence-electron chi connectivity index (χ3n) is 8.14. The van der Waals surface area contributed by atoms with E-state index in [2.05, 4.69) is 64.3 Å². The van der Waals surface area contributed by atoms with Crippen LogP contribution in [0.5, 0.6) is 0 Å². The van der Waals surface area contributed by atoms with Crippen LogP contribution in [0, 0.1) is 0 Å². The predicted molar refractivity (Wildman–Crippen MR) is 154 cm³/mol. The highest BCUT2D eigenvalue weighted by Gasteiger charge is 2.56. The van der Waals surface area contributed by atoms with E-state index < -0.39 is 20.3 Å². The van der Waals surface area contributed by atoms with Gasteiger partial charge in [-0.25, -0.2) is 4.98 Å². The lowest BCUT2D eigenvalue weighted by atomic mass is 10.1. The maximum atomic E-state index is 6.62. The molecule has 9 heteroatoms. The first kappa shape index (κ1) is 27.6. The zero-order valence-electron chi connectivity index (χ0n) is 23.6. The van der Waals surface area contributed by atoms with Gasteiger partial charge in [0.05, 0.1) is 6.61 Å². The largest absolute Gasteiger partial charge is 0.414 e. The van der Waals surface area contributed by atoms with Gasteiger partial charge >= 0.3 is 0 Å². The first-order chi connectivity index (χ1) is 17.8. The van der Waals surface area contributed by atoms with Gasteiger partial charge in [0, 0.05) is 23.3 Å². The van der Waals surface area contributed by atoms with E-state index in [-0.39, 0.29) is 29.4 Å². The highest BCUT2D eigenvalue weighted by Crippen LogP contribution is 2.45. The Hall–Kier alpha value is -1.94. The second kappa shape index (κ2) is 9.91. The molecule has 2 fully saturated rings. The van der Waals surface area contributed by atoms with Crippen molar-refractivity contribution in [2.24, 2.45) is 0 Å². The molecule has 0 aliphatic carbocycles. The maximum Gasteiger partial charge on any atom is 0.192 e. The first-order valence-electron chi connectivity index (χ1n) is 13.4. The third-order valence-corrected chi connectivity index (χ3v) is 12.8. The highest BCUT2D eigenvalue weighted by molar-refractivity contribution is 6.74. The summed E-state index contributed by atoms with van der Waals surface area (Å²) in [6.07, 6.45) is 0.784. The van der Waals surface area contributed by atoms with Crippen molar-refractivity contribution in [3.63, 3.8) is 0 Å². The maximum absolute atomic E-state index is 6.62. The van der Waals surface area contributed by atoms with Crippen molar-refractivity contribution in [2.75, 3.05) is 11.9 Å². The van der Waals surface area contributed by atoms with Crippen molar-refractivity contribution in [1.82, 2.24) is 9.55 Å². The molecule has 2 saturated heterocycles. The molecule has 206 valence electrons. The summed E-state index contributed by atoms with van der Waals surface area (Å²) in [5, 5.41) is 5.10. The molecule has 5 rings (SSSR count). The molecule has 0 amide bonds. The summed E-state index contributed by atoms with van der Waals surface area (Å²) in [6, 6.07) is 14.4. The van der Waals surface area contributed by atoms with E-state index in [1.807, 2.05) is 48.9 Å². The number of aromatic nitrogens is 2. The van der Waals surface area contributed by atoms with Gasteiger partial charge in [-0.1, -0.05) is 62.7 Å². The average Bonchev–Trinajstić information content (AvgIpc) is 3.48. The van der Waals surface area contributed by atoms with Crippen LogP contribution in [0.25, 0.3) is 11.0 Å². The summed E-state index contributed by atoms with van der Waals surface area (Å²) < 4.78 is 27.9. The summed E-state index contributed by atoms with van der Waals surface area (Å²) >= 11 is 6.54. The summed E-state index contributed by atoms with van der Waals surface area (Å²) in [5.74, 6) is -0.710. The second-order valence-electron chi connectivity index (χ2n) is 12.4. The molecule has 4 heterocycles. The number of nitrogens with zero attached hydrogens (tertiary/aromatic N) is 2. The molecule has 2 aliphatic heterocycles. The molecule has 0 bridgehead atoms. The van der Waals surface area contributed by atoms with Crippen LogP contribution < -0.4 is 5.32 Å². The summed E-state index contributed by atoms with van der Waals surface area (Å²) in [4.78, 5) is 4.70. The van der Waals surface area contributed by atoms with Gasteiger partial charge in [0.1, 0.15) is 29.1 Å². The van der Waals surface area contributed by atoms with Gasteiger partial charge in [0.25, 0.3) is 0 Å². The molecule has 0 saturated carbocycles. The fraction of sp³-hybridized carbons (Fsp3) is 0.552. The molecule has 0 spiro atoms. The summed E-state index contributed by atoms with van der Waals surface area (Å²) in [7, 11) is -1.96. The Bertz CT molecular complexity index is 1290. The van der Waals surface area contributed by atoms with Crippen molar-refractivity contribution in [3.8, 4) is 0 Å². The topological polar surface area (TPSA) is 66.8 Å². The first-order valence-corrected chi connectivity index (χ1v) is 16.7. The normalized spacial score (nSPS) is 26.0. The quantitative estimate of drug-likeness (QED) is 0.243. The number of anilines is 1. The van der Waals surface area contributed by atoms with E-state index in [0.29, 0.717) is 11.8 Å². The van der Waals surface area contributed by atoms with Gasteiger partial charge in [-0.3, -0.25) is 0 Å². The number of rotatable bonds is 7. The van der Waals surface area contributed by atoms with Crippen molar-refractivity contribution in [2.45, 2.75) is 96.0 Å². The van der Waals surface area contributed by atoms with Crippen molar-refractivity contribution < 1.29 is 18.6 Å². The monoisotopic (exact) mass is 557 g/mol. The van der Waals surface area contributed by atoms with Crippen LogP contribution in [0.1, 0.15) is 59.4 Å². The smallest absolute Gasteiger partial charge is 0.192 e. The average molecular weight is 558 g/mol. The number of nitrogens with one attached hydrogen (secondary N) is 1. The minimum atomic E-state index is -1.96. The van der Waals surface area contributed by atoms with Crippen molar-refractivity contribution in [3.05, 3.63) is 59.4 Å². The van der Waals surface area contributed by atoms with Gasteiger partial charge in [-0.2, -0.15) is 0 Å². The Balaban J connectivity index is 1.44. The number of hydrogen-bond acceptors (Lipinski definition) is 6. The molecule has 1 N–H and O–H groups in total. The van der Waals surface area contributed by atoms with E-state index >= 15 is 0 Å². The summed E-state index contributed by atoms with van der Waals surface area (Å²) in [5.41, 5.74) is 2.85. The third kappa shape index (κ3) is 5.27. The lowest BCUT2D eigenvalue weighted by Gasteiger charge is -2.37. The van der Waals surface area contributed by atoms with Crippen LogP contribution in [0.2, 0.25) is 23.3 Å². The van der Waals surface area contributed by atoms with Crippen LogP contribution in [0.3, 0.4) is 0 Å². The SMILES string of the molecule is C[C@@H](Nc1cc(Cl)nc2c1ccn2[C@@H]1O[C@H](CO[Si](C)(C)C(C)(C)C)[C@H]2OC(C)(C)O[C@H]21)c1ccccc1. The number of halogens is 1. The molecular weight excluding hydrogens is 518 g/mol. The molecule has 2 aromatic heterocycles. The van der Waals surface area contributed by atoms with Crippen LogP contribution in [-0.2, 0) is 18.6 Å². The van der Waals surface area contributed by atoms with Crippen LogP contribution >= 0.6 is 11.6 Å². The Kier molecular flexibility index (Phi) is 7.20. The summed E-state index contributed by atoms with van der Waals surface area (Å²) in [6.45, 7) is 17.7. The van der Waals surface area contributed by atoms with Gasteiger partial charge in [-0.05, 0) is 56.6 Å². The Morgan fingerprint density at radius 2 is 1.82 bits per heavy atom. The van der Waals surface area contributed by atoms with Gasteiger partial charge in [0.15, 0.2) is 20.3 Å². The van der Waals surface area contributed by atoms with Gasteiger partial charge in [-0.15, -0.1) is 0 Å². The molecule has 2 aliphatic rings. The predicted octanol–water partition coefficient (Wildman–Crippen LogP) is 7.30. The van der Waals surface area contributed by atoms with Crippen molar-refractivity contribution in [1.29, 1.82) is 0 Å². The van der Waals surface area contributed by atoms with E-state index in [0.717, 1.165) is 16.7 Å². The Labute approximate surface area is 231 Å². The van der Waals surface area contributed by atoms with Crippen molar-refractivity contribution >= 4 is 36.6 Å². The Morgan fingerprint density at radius 3 is 2.50 bits per heavy atom. The fourth-order valence-electron chi connectivity index (χ4n) is 5.00. The molecule has 0 radical (unpaired) electrons. The molecule has 0 unspecified atom stereocenters. The standard InChI is InChI=1S/C29H40ClN3O4Si/c1-18(19-12-10-9-11-13-19)31-21-16-23(30)32-26-20(21)14-15-33(26)27-25-24(36-29(5,6)37-25)22(35-27)17-34-38(7,8)28(2,3)4/h9-16,18,22,24-25,27H,17H2,1-8H3,(H,31,32)/t18-,22-,24-,25-,27-/m1/s1. The molecule has 3 aromatic rings. The van der Waals surface area contributed by atoms with E-state index in [4.69, 9.17) is 35.2 Å². The van der Waals surface area contributed by atoms with Crippen LogP contribution in [0.15, 0.2) is 48.7 Å². The van der Waals surface area contributed by atoms with E-state index in [1.165, 1.54) is 5.56 Å². The molecule has 5 atom stereocenters. The van der Waals surface area contributed by atoms with Crippen LogP contribution in [0.4, 0.5) is 5.69 Å². The van der Waals surface area contributed by atoms with Crippen LogP contribution in [-0.4, -0.2) is 48.6 Å². The lowest BCUT2D eigenvalue weighted by molar-refractivity contribution is -0.199. The zero-order valence-corrected chi connectivity index (χ0v) is 25.4. The van der Waals surface area contributed by atoms with E-state index in [9.17, 15) is 0 Å². The minimum Gasteiger partial charge on any atom is -0.414 e. The van der Waals surface area contributed by atoms with E-state index in [1.54, 1.807) is 0 Å². The van der Waals surface area contributed by atoms with Gasteiger partial charge < -0.3 is 28.5 Å². The molecule has 7 nitrogen and oxygen atoms in total. The zero-order chi connectivity index (χ0) is 27.5. The highest BCUT2D eigenvalue weighted by atomic mass is 35.5. The Morgan fingerprint density at radius 1 is 1.13 bits per heavy atom. The minimum absolute atomic E-state index is 0.0950. The lowest BCUT2D eigenvalue weighted by Crippen LogP contribution is -2.44. The number of fused-ring (bicyclic) bond motifs is 2. The molecule has 1 aromatic carbocycles. The molecule has 38 heavy (non-hydrogen) atoms.